The predicted molar refractivity (Wildman–Crippen MR) is 151 cm³/mol. The summed E-state index contributed by atoms with van der Waals surface area (Å²) in [7, 11) is 1.64. The molecule has 0 saturated carbocycles. The molecule has 3 aromatic rings. The molecule has 1 unspecified atom stereocenters. The lowest BCUT2D eigenvalue weighted by Gasteiger charge is -2.40. The smallest absolute Gasteiger partial charge is 0.435 e. The number of rotatable bonds is 5. The minimum absolute atomic E-state index is 0.0919. The van der Waals surface area contributed by atoms with Crippen LogP contribution in [-0.2, 0) is 24.4 Å². The normalized spacial score (nSPS) is 19.6. The van der Waals surface area contributed by atoms with Gasteiger partial charge in [0, 0.05) is 37.4 Å². The van der Waals surface area contributed by atoms with Gasteiger partial charge >= 0.3 is 6.09 Å². The molecule has 2 aliphatic heterocycles. The molecule has 0 aliphatic carbocycles. The summed E-state index contributed by atoms with van der Waals surface area (Å²) in [6, 6.07) is 13.3. The van der Waals surface area contributed by atoms with Crippen molar-refractivity contribution < 1.29 is 28.5 Å². The van der Waals surface area contributed by atoms with Crippen molar-refractivity contribution in [1.29, 1.82) is 0 Å². The average molecular weight is 551 g/mol. The summed E-state index contributed by atoms with van der Waals surface area (Å²) in [6.45, 7) is 8.43. The third kappa shape index (κ3) is 5.78. The Labute approximate surface area is 234 Å². The number of fused-ring (bicyclic) bond motifs is 1. The van der Waals surface area contributed by atoms with Crippen LogP contribution in [0.3, 0.4) is 0 Å². The zero-order valence-electron chi connectivity index (χ0n) is 23.6. The third-order valence-electron chi connectivity index (χ3n) is 7.49. The molecule has 10 nitrogen and oxygen atoms in total. The van der Waals surface area contributed by atoms with Crippen LogP contribution in [0.5, 0.6) is 5.75 Å². The highest BCUT2D eigenvalue weighted by atomic mass is 16.6. The SMILES string of the molecule is COc1ccc(C2(C(=O)N3CCOCC(Nc4cccc5c4cnn5C(=O)OC(C)(C)C)C3)CCOCC2)cc1. The molecule has 0 spiro atoms. The molecule has 5 rings (SSSR count). The second kappa shape index (κ2) is 11.5. The number of carbonyl (C=O) groups excluding carboxylic acids is 2. The first kappa shape index (κ1) is 27.9. The lowest BCUT2D eigenvalue weighted by molar-refractivity contribution is -0.141. The fourth-order valence-electron chi connectivity index (χ4n) is 5.49. The van der Waals surface area contributed by atoms with E-state index < -0.39 is 17.1 Å². The number of methoxy groups -OCH3 is 1. The number of anilines is 1. The van der Waals surface area contributed by atoms with Gasteiger partial charge in [-0.1, -0.05) is 18.2 Å². The van der Waals surface area contributed by atoms with Gasteiger partial charge in [0.2, 0.25) is 5.91 Å². The fourth-order valence-corrected chi connectivity index (χ4v) is 5.49. The van der Waals surface area contributed by atoms with Crippen LogP contribution in [0.4, 0.5) is 10.5 Å². The molecule has 1 atom stereocenters. The molecule has 40 heavy (non-hydrogen) atoms. The van der Waals surface area contributed by atoms with Gasteiger partial charge in [-0.15, -0.1) is 0 Å². The summed E-state index contributed by atoms with van der Waals surface area (Å²) in [5.41, 5.74) is 1.14. The van der Waals surface area contributed by atoms with Crippen molar-refractivity contribution in [2.24, 2.45) is 0 Å². The molecular weight excluding hydrogens is 512 g/mol. The van der Waals surface area contributed by atoms with E-state index in [0.717, 1.165) is 22.4 Å². The van der Waals surface area contributed by atoms with E-state index in [4.69, 9.17) is 18.9 Å². The first-order valence-corrected chi connectivity index (χ1v) is 13.8. The molecule has 2 saturated heterocycles. The first-order chi connectivity index (χ1) is 19.2. The van der Waals surface area contributed by atoms with Gasteiger partial charge in [0.25, 0.3) is 0 Å². The molecule has 1 amide bonds. The van der Waals surface area contributed by atoms with E-state index in [1.54, 1.807) is 13.3 Å². The molecule has 2 aliphatic rings. The van der Waals surface area contributed by atoms with Crippen molar-refractivity contribution in [3.8, 4) is 5.75 Å². The summed E-state index contributed by atoms with van der Waals surface area (Å²) in [6.07, 6.45) is 2.37. The van der Waals surface area contributed by atoms with Crippen LogP contribution < -0.4 is 10.1 Å². The van der Waals surface area contributed by atoms with Crippen LogP contribution >= 0.6 is 0 Å². The zero-order chi connectivity index (χ0) is 28.3. The van der Waals surface area contributed by atoms with Crippen molar-refractivity contribution in [3.63, 3.8) is 0 Å². The number of nitrogens with one attached hydrogen (secondary N) is 1. The van der Waals surface area contributed by atoms with E-state index >= 15 is 0 Å². The number of aromatic nitrogens is 2. The van der Waals surface area contributed by atoms with E-state index in [1.165, 1.54) is 4.68 Å². The molecular formula is C30H38N4O6. The number of ether oxygens (including phenoxy) is 4. The van der Waals surface area contributed by atoms with Gasteiger partial charge in [-0.25, -0.2) is 4.79 Å². The molecule has 1 N–H and O–H groups in total. The largest absolute Gasteiger partial charge is 0.497 e. The molecule has 2 aromatic carbocycles. The van der Waals surface area contributed by atoms with Crippen molar-refractivity contribution in [2.75, 3.05) is 51.9 Å². The Morgan fingerprint density at radius 2 is 1.80 bits per heavy atom. The number of hydrogen-bond acceptors (Lipinski definition) is 8. The first-order valence-electron chi connectivity index (χ1n) is 13.8. The van der Waals surface area contributed by atoms with Gasteiger partial charge in [-0.2, -0.15) is 9.78 Å². The third-order valence-corrected chi connectivity index (χ3v) is 7.49. The monoisotopic (exact) mass is 550 g/mol. The topological polar surface area (TPSA) is 104 Å². The van der Waals surface area contributed by atoms with Gasteiger partial charge < -0.3 is 29.2 Å². The van der Waals surface area contributed by atoms with Crippen molar-refractivity contribution in [1.82, 2.24) is 14.7 Å². The molecule has 2 fully saturated rings. The Kier molecular flexibility index (Phi) is 8.00. The average Bonchev–Trinajstić information content (AvgIpc) is 3.26. The highest BCUT2D eigenvalue weighted by molar-refractivity contribution is 5.96. The lowest BCUT2D eigenvalue weighted by atomic mass is 9.73. The fraction of sp³-hybridized carbons (Fsp3) is 0.500. The summed E-state index contributed by atoms with van der Waals surface area (Å²) < 4.78 is 23.7. The van der Waals surface area contributed by atoms with Gasteiger partial charge in [-0.05, 0) is 63.4 Å². The van der Waals surface area contributed by atoms with Crippen LogP contribution in [0, 0.1) is 0 Å². The molecule has 0 bridgehead atoms. The molecule has 1 aromatic heterocycles. The van der Waals surface area contributed by atoms with E-state index in [2.05, 4.69) is 10.4 Å². The Morgan fingerprint density at radius 1 is 1.05 bits per heavy atom. The van der Waals surface area contributed by atoms with Crippen LogP contribution in [0.25, 0.3) is 10.9 Å². The van der Waals surface area contributed by atoms with Crippen LogP contribution in [0.1, 0.15) is 39.2 Å². The number of carbonyl (C=O) groups is 2. The maximum Gasteiger partial charge on any atom is 0.435 e. The molecule has 0 radical (unpaired) electrons. The second-order valence-electron chi connectivity index (χ2n) is 11.4. The maximum absolute atomic E-state index is 14.3. The standard InChI is InChI=1S/C30H38N4O6/c1-29(2,3)40-28(36)34-26-7-5-6-25(24(26)18-31-34)32-22-19-33(14-17-39-20-22)27(35)30(12-15-38-16-13-30)21-8-10-23(37-4)11-9-21/h5-11,18,22,32H,12-17,19-20H2,1-4H3. The van der Waals surface area contributed by atoms with Gasteiger partial charge in [0.1, 0.15) is 11.4 Å². The van der Waals surface area contributed by atoms with E-state index in [-0.39, 0.29) is 11.9 Å². The summed E-state index contributed by atoms with van der Waals surface area (Å²) >= 11 is 0. The Morgan fingerprint density at radius 3 is 2.50 bits per heavy atom. The maximum atomic E-state index is 14.3. The minimum Gasteiger partial charge on any atom is -0.497 e. The molecule has 214 valence electrons. The highest BCUT2D eigenvalue weighted by Gasteiger charge is 2.44. The highest BCUT2D eigenvalue weighted by Crippen LogP contribution is 2.38. The van der Waals surface area contributed by atoms with Crippen LogP contribution in [0.2, 0.25) is 0 Å². The second-order valence-corrected chi connectivity index (χ2v) is 11.4. The number of nitrogens with zero attached hydrogens (tertiary/aromatic N) is 3. The molecule has 10 heteroatoms. The minimum atomic E-state index is -0.659. The number of hydrogen-bond donors (Lipinski definition) is 1. The predicted octanol–water partition coefficient (Wildman–Crippen LogP) is 4.22. The van der Waals surface area contributed by atoms with E-state index in [0.29, 0.717) is 57.9 Å². The summed E-state index contributed by atoms with van der Waals surface area (Å²) in [4.78, 5) is 28.9. The van der Waals surface area contributed by atoms with Crippen molar-refractivity contribution >= 4 is 28.6 Å². The number of benzene rings is 2. The summed E-state index contributed by atoms with van der Waals surface area (Å²) in [5.74, 6) is 0.851. The quantitative estimate of drug-likeness (QED) is 0.504. The van der Waals surface area contributed by atoms with Gasteiger partial charge in [0.05, 0.1) is 43.5 Å². The van der Waals surface area contributed by atoms with Crippen LogP contribution in [-0.4, -0.2) is 85.0 Å². The Balaban J connectivity index is 1.37. The van der Waals surface area contributed by atoms with Crippen molar-refractivity contribution in [2.45, 2.75) is 50.7 Å². The van der Waals surface area contributed by atoms with Crippen molar-refractivity contribution in [3.05, 3.63) is 54.2 Å². The Bertz CT molecular complexity index is 1340. The van der Waals surface area contributed by atoms with Crippen LogP contribution in [0.15, 0.2) is 48.7 Å². The number of amides is 1. The Hall–Kier alpha value is -3.63. The van der Waals surface area contributed by atoms with Gasteiger partial charge in [-0.3, -0.25) is 4.79 Å². The zero-order valence-corrected chi connectivity index (χ0v) is 23.6. The van der Waals surface area contributed by atoms with Gasteiger partial charge in [0.15, 0.2) is 0 Å². The molecule has 3 heterocycles. The van der Waals surface area contributed by atoms with E-state index in [1.807, 2.05) is 68.1 Å². The lowest BCUT2D eigenvalue weighted by Crippen LogP contribution is -2.52. The van der Waals surface area contributed by atoms with E-state index in [9.17, 15) is 9.59 Å². The summed E-state index contributed by atoms with van der Waals surface area (Å²) in [5, 5.41) is 8.64.